The van der Waals surface area contributed by atoms with E-state index in [0.717, 1.165) is 15.1 Å². The van der Waals surface area contributed by atoms with Crippen LogP contribution in [0.25, 0.3) is 0 Å². The molecule has 0 saturated heterocycles. The van der Waals surface area contributed by atoms with Crippen LogP contribution in [0, 0.1) is 0 Å². The zero-order chi connectivity index (χ0) is 16.2. The van der Waals surface area contributed by atoms with Crippen molar-refractivity contribution in [3.05, 3.63) is 64.4 Å². The fraction of sp³-hybridized carbons (Fsp3) is 0. The molecule has 1 aromatic heterocycles. The smallest absolute Gasteiger partial charge is 0.158 e. The molecular formula is C16H12BrClN4S. The average Bonchev–Trinajstić information content (AvgIpc) is 2.55. The molecule has 4 nitrogen and oxygen atoms in total. The van der Waals surface area contributed by atoms with Gasteiger partial charge in [-0.15, -0.1) is 0 Å². The maximum absolute atomic E-state index is 6.21. The summed E-state index contributed by atoms with van der Waals surface area (Å²) in [7, 11) is 0. The zero-order valence-electron chi connectivity index (χ0n) is 11.8. The lowest BCUT2D eigenvalue weighted by atomic mass is 10.3. The predicted octanol–water partition coefficient (Wildman–Crippen LogP) is 5.37. The van der Waals surface area contributed by atoms with E-state index in [4.69, 9.17) is 17.3 Å². The monoisotopic (exact) mass is 406 g/mol. The number of anilines is 3. The summed E-state index contributed by atoms with van der Waals surface area (Å²) in [6.07, 6.45) is 1.49. The molecule has 3 N–H and O–H groups in total. The standard InChI is InChI=1S/C16H12BrClN4S/c17-12-3-1-2-4-13(12)22-15-14(19)16(21-9-20-15)23-11-7-5-10(18)6-8-11/h1-9H,19H2,(H,20,21,22). The van der Waals surface area contributed by atoms with Crippen molar-refractivity contribution >= 4 is 56.5 Å². The van der Waals surface area contributed by atoms with Crippen LogP contribution in [0.5, 0.6) is 0 Å². The number of aromatic nitrogens is 2. The maximum atomic E-state index is 6.21. The lowest BCUT2D eigenvalue weighted by molar-refractivity contribution is 1.06. The third-order valence-electron chi connectivity index (χ3n) is 3.00. The molecule has 23 heavy (non-hydrogen) atoms. The second-order valence-corrected chi connectivity index (χ2v) is 6.95. The number of benzene rings is 2. The largest absolute Gasteiger partial charge is 0.394 e. The van der Waals surface area contributed by atoms with Gasteiger partial charge in [0.15, 0.2) is 5.82 Å². The quantitative estimate of drug-likeness (QED) is 0.569. The van der Waals surface area contributed by atoms with Gasteiger partial charge in [0.2, 0.25) is 0 Å². The molecule has 0 fully saturated rings. The third kappa shape index (κ3) is 3.96. The Morgan fingerprint density at radius 2 is 1.78 bits per heavy atom. The topological polar surface area (TPSA) is 63.8 Å². The number of rotatable bonds is 4. The third-order valence-corrected chi connectivity index (χ3v) is 4.97. The molecule has 116 valence electrons. The Hall–Kier alpha value is -1.76. The maximum Gasteiger partial charge on any atom is 0.158 e. The Balaban J connectivity index is 1.86. The summed E-state index contributed by atoms with van der Waals surface area (Å²) in [4.78, 5) is 9.50. The van der Waals surface area contributed by atoms with Crippen molar-refractivity contribution in [1.29, 1.82) is 0 Å². The van der Waals surface area contributed by atoms with Gasteiger partial charge in [-0.25, -0.2) is 9.97 Å². The van der Waals surface area contributed by atoms with Crippen LogP contribution >= 0.6 is 39.3 Å². The molecule has 0 radical (unpaired) electrons. The van der Waals surface area contributed by atoms with Crippen molar-refractivity contribution < 1.29 is 0 Å². The summed E-state index contributed by atoms with van der Waals surface area (Å²) in [5, 5.41) is 4.61. The molecule has 0 aliphatic heterocycles. The van der Waals surface area contributed by atoms with Gasteiger partial charge in [0.25, 0.3) is 0 Å². The van der Waals surface area contributed by atoms with Gasteiger partial charge in [0, 0.05) is 14.4 Å². The van der Waals surface area contributed by atoms with Crippen molar-refractivity contribution in [3.63, 3.8) is 0 Å². The molecular weight excluding hydrogens is 396 g/mol. The summed E-state index contributed by atoms with van der Waals surface area (Å²) in [5.41, 5.74) is 7.60. The predicted molar refractivity (Wildman–Crippen MR) is 99.4 cm³/mol. The molecule has 2 aromatic carbocycles. The van der Waals surface area contributed by atoms with Crippen molar-refractivity contribution in [2.24, 2.45) is 0 Å². The van der Waals surface area contributed by atoms with E-state index in [2.05, 4.69) is 31.2 Å². The molecule has 0 atom stereocenters. The van der Waals surface area contributed by atoms with Crippen molar-refractivity contribution in [3.8, 4) is 0 Å². The van der Waals surface area contributed by atoms with Gasteiger partial charge in [0.05, 0.1) is 5.69 Å². The van der Waals surface area contributed by atoms with Gasteiger partial charge < -0.3 is 11.1 Å². The SMILES string of the molecule is Nc1c(Nc2ccccc2Br)ncnc1Sc1ccc(Cl)cc1. The van der Waals surface area contributed by atoms with Crippen LogP contribution in [0.1, 0.15) is 0 Å². The van der Waals surface area contributed by atoms with Crippen molar-refractivity contribution in [2.75, 3.05) is 11.1 Å². The summed E-state index contributed by atoms with van der Waals surface area (Å²) < 4.78 is 0.935. The number of nitrogens with zero attached hydrogens (tertiary/aromatic N) is 2. The molecule has 7 heteroatoms. The van der Waals surface area contributed by atoms with Gasteiger partial charge in [-0.2, -0.15) is 0 Å². The number of nitrogens with two attached hydrogens (primary N) is 1. The first-order valence-corrected chi connectivity index (χ1v) is 8.67. The van der Waals surface area contributed by atoms with Crippen LogP contribution in [-0.2, 0) is 0 Å². The van der Waals surface area contributed by atoms with E-state index < -0.39 is 0 Å². The molecule has 3 aromatic rings. The van der Waals surface area contributed by atoms with Gasteiger partial charge in [0.1, 0.15) is 17.0 Å². The molecule has 0 unspecified atom stereocenters. The highest BCUT2D eigenvalue weighted by Gasteiger charge is 2.11. The minimum absolute atomic E-state index is 0.503. The Labute approximate surface area is 151 Å². The first-order chi connectivity index (χ1) is 11.1. The van der Waals surface area contributed by atoms with Crippen LogP contribution in [-0.4, -0.2) is 9.97 Å². The molecule has 0 saturated carbocycles. The Kier molecular flexibility index (Phi) is 5.05. The first kappa shape index (κ1) is 16.1. The van der Waals surface area contributed by atoms with E-state index in [9.17, 15) is 0 Å². The molecule has 0 aliphatic rings. The van der Waals surface area contributed by atoms with Gasteiger partial charge in [-0.1, -0.05) is 35.5 Å². The van der Waals surface area contributed by atoms with E-state index in [1.54, 1.807) is 0 Å². The Morgan fingerprint density at radius 1 is 1.04 bits per heavy atom. The average molecular weight is 408 g/mol. The minimum atomic E-state index is 0.503. The Bertz CT molecular complexity index is 827. The van der Waals surface area contributed by atoms with E-state index in [-0.39, 0.29) is 0 Å². The van der Waals surface area contributed by atoms with E-state index in [1.807, 2.05) is 48.5 Å². The van der Waals surface area contributed by atoms with Gasteiger partial charge in [-0.3, -0.25) is 0 Å². The number of para-hydroxylation sites is 1. The number of nitrogens with one attached hydrogen (secondary N) is 1. The molecule has 0 aliphatic carbocycles. The number of halogens is 2. The Morgan fingerprint density at radius 3 is 2.52 bits per heavy atom. The fourth-order valence-electron chi connectivity index (χ4n) is 1.86. The van der Waals surface area contributed by atoms with E-state index in [0.29, 0.717) is 21.6 Å². The van der Waals surface area contributed by atoms with Gasteiger partial charge >= 0.3 is 0 Å². The molecule has 0 spiro atoms. The molecule has 3 rings (SSSR count). The van der Waals surface area contributed by atoms with Gasteiger partial charge in [-0.05, 0) is 52.3 Å². The molecule has 1 heterocycles. The minimum Gasteiger partial charge on any atom is -0.394 e. The van der Waals surface area contributed by atoms with Crippen LogP contribution in [0.2, 0.25) is 5.02 Å². The highest BCUT2D eigenvalue weighted by atomic mass is 79.9. The summed E-state index contributed by atoms with van der Waals surface area (Å²) in [6, 6.07) is 15.3. The van der Waals surface area contributed by atoms with E-state index >= 15 is 0 Å². The second kappa shape index (κ2) is 7.21. The lowest BCUT2D eigenvalue weighted by Crippen LogP contribution is -2.02. The second-order valence-electron chi connectivity index (χ2n) is 4.60. The van der Waals surface area contributed by atoms with Crippen molar-refractivity contribution in [1.82, 2.24) is 9.97 Å². The molecule has 0 bridgehead atoms. The summed E-state index contributed by atoms with van der Waals surface area (Å²) in [5.74, 6) is 0.573. The van der Waals surface area contributed by atoms with Crippen molar-refractivity contribution in [2.45, 2.75) is 9.92 Å². The van der Waals surface area contributed by atoms with Crippen LogP contribution in [0.3, 0.4) is 0 Å². The molecule has 0 amide bonds. The zero-order valence-corrected chi connectivity index (χ0v) is 15.0. The lowest BCUT2D eigenvalue weighted by Gasteiger charge is -2.12. The number of hydrogen-bond donors (Lipinski definition) is 2. The first-order valence-electron chi connectivity index (χ1n) is 6.69. The highest BCUT2D eigenvalue weighted by Crippen LogP contribution is 2.35. The van der Waals surface area contributed by atoms with Crippen LogP contribution in [0.4, 0.5) is 17.2 Å². The fourth-order valence-corrected chi connectivity index (χ4v) is 3.18. The van der Waals surface area contributed by atoms with Crippen LogP contribution in [0.15, 0.2) is 69.3 Å². The summed E-state index contributed by atoms with van der Waals surface area (Å²) >= 11 is 10.9. The van der Waals surface area contributed by atoms with E-state index in [1.165, 1.54) is 18.1 Å². The van der Waals surface area contributed by atoms with Crippen LogP contribution < -0.4 is 11.1 Å². The number of hydrogen-bond acceptors (Lipinski definition) is 5. The highest BCUT2D eigenvalue weighted by molar-refractivity contribution is 9.10. The summed E-state index contributed by atoms with van der Waals surface area (Å²) in [6.45, 7) is 0. The number of nitrogen functional groups attached to an aromatic ring is 1. The normalized spacial score (nSPS) is 10.5.